The number of carbonyl (C=O) groups excluding carboxylic acids is 2. The first-order valence-electron chi connectivity index (χ1n) is 12.6. The molecule has 2 amide bonds. The minimum atomic E-state index is -3.81. The molecule has 3 aromatic carbocycles. The van der Waals surface area contributed by atoms with Gasteiger partial charge < -0.3 is 10.2 Å². The molecule has 3 aromatic rings. The van der Waals surface area contributed by atoms with Crippen LogP contribution in [0.25, 0.3) is 0 Å². The minimum Gasteiger partial charge on any atom is -0.354 e. The third-order valence-corrected chi connectivity index (χ3v) is 7.48. The van der Waals surface area contributed by atoms with Crippen LogP contribution in [0.15, 0.2) is 84.9 Å². The predicted octanol–water partition coefficient (Wildman–Crippen LogP) is 4.66. The van der Waals surface area contributed by atoms with Gasteiger partial charge in [0.05, 0.1) is 11.9 Å². The Morgan fingerprint density at radius 2 is 1.47 bits per heavy atom. The number of unbranched alkanes of at least 4 members (excludes halogenated alkanes) is 1. The lowest BCUT2D eigenvalue weighted by Crippen LogP contribution is -2.53. The Kier molecular flexibility index (Phi) is 10.7. The number of hydrogen-bond acceptors (Lipinski definition) is 4. The minimum absolute atomic E-state index is 0.149. The number of anilines is 1. The Morgan fingerprint density at radius 1 is 0.895 bits per heavy atom. The van der Waals surface area contributed by atoms with Gasteiger partial charge in [0, 0.05) is 24.5 Å². The third kappa shape index (κ3) is 8.60. The number of nitrogens with zero attached hydrogens (tertiary/aromatic N) is 2. The number of nitrogens with one attached hydrogen (secondary N) is 1. The molecule has 7 nitrogen and oxygen atoms in total. The molecule has 0 aromatic heterocycles. The van der Waals surface area contributed by atoms with E-state index in [9.17, 15) is 18.0 Å². The zero-order chi connectivity index (χ0) is 27.5. The monoisotopic (exact) mass is 555 g/mol. The van der Waals surface area contributed by atoms with E-state index >= 15 is 0 Å². The van der Waals surface area contributed by atoms with Gasteiger partial charge in [0.2, 0.25) is 21.8 Å². The Labute approximate surface area is 230 Å². The highest BCUT2D eigenvalue weighted by Gasteiger charge is 2.32. The van der Waals surface area contributed by atoms with Crippen LogP contribution in [0.3, 0.4) is 0 Å². The molecule has 0 saturated carbocycles. The topological polar surface area (TPSA) is 86.8 Å². The van der Waals surface area contributed by atoms with E-state index in [1.807, 2.05) is 67.6 Å². The number of carbonyl (C=O) groups is 2. The van der Waals surface area contributed by atoms with Crippen LogP contribution in [0.2, 0.25) is 5.02 Å². The van der Waals surface area contributed by atoms with Gasteiger partial charge in [0.1, 0.15) is 12.6 Å². The van der Waals surface area contributed by atoms with Crippen LogP contribution in [0.1, 0.15) is 30.9 Å². The first-order chi connectivity index (χ1) is 18.2. The Balaban J connectivity index is 2.00. The molecule has 202 valence electrons. The lowest BCUT2D eigenvalue weighted by atomic mass is 10.0. The highest BCUT2D eigenvalue weighted by Crippen LogP contribution is 2.22. The molecule has 9 heteroatoms. The molecule has 1 atom stereocenters. The van der Waals surface area contributed by atoms with Crippen molar-refractivity contribution in [3.63, 3.8) is 0 Å². The summed E-state index contributed by atoms with van der Waals surface area (Å²) in [5, 5.41) is 3.42. The number of hydrogen-bond donors (Lipinski definition) is 1. The van der Waals surface area contributed by atoms with Crippen LogP contribution in [0, 0.1) is 0 Å². The number of amides is 2. The highest BCUT2D eigenvalue weighted by atomic mass is 35.5. The second-order valence-electron chi connectivity index (χ2n) is 9.10. The van der Waals surface area contributed by atoms with Crippen molar-refractivity contribution in [1.29, 1.82) is 0 Å². The second-order valence-corrected chi connectivity index (χ2v) is 11.4. The Morgan fingerprint density at radius 3 is 2.03 bits per heavy atom. The van der Waals surface area contributed by atoms with Crippen LogP contribution in [0.4, 0.5) is 5.69 Å². The third-order valence-electron chi connectivity index (χ3n) is 6.09. The Hall–Kier alpha value is -3.36. The molecule has 0 unspecified atom stereocenters. The van der Waals surface area contributed by atoms with Crippen LogP contribution < -0.4 is 9.62 Å². The van der Waals surface area contributed by atoms with Gasteiger partial charge in [-0.25, -0.2) is 8.42 Å². The summed E-state index contributed by atoms with van der Waals surface area (Å²) >= 11 is 6.00. The molecule has 0 saturated heterocycles. The van der Waals surface area contributed by atoms with Gasteiger partial charge in [0.15, 0.2) is 0 Å². The van der Waals surface area contributed by atoms with Gasteiger partial charge in [-0.1, -0.05) is 85.6 Å². The summed E-state index contributed by atoms with van der Waals surface area (Å²) in [6.07, 6.45) is 3.07. The molecular weight excluding hydrogens is 522 g/mol. The van der Waals surface area contributed by atoms with Crippen molar-refractivity contribution in [3.05, 3.63) is 101 Å². The molecule has 0 fully saturated rings. The van der Waals surface area contributed by atoms with Crippen molar-refractivity contribution in [2.45, 2.75) is 38.8 Å². The smallest absolute Gasteiger partial charge is 0.244 e. The van der Waals surface area contributed by atoms with Crippen LogP contribution in [0.5, 0.6) is 0 Å². The fourth-order valence-corrected chi connectivity index (χ4v) is 5.04. The average Bonchev–Trinajstić information content (AvgIpc) is 2.90. The lowest BCUT2D eigenvalue weighted by Gasteiger charge is -2.33. The summed E-state index contributed by atoms with van der Waals surface area (Å²) in [4.78, 5) is 28.9. The highest BCUT2D eigenvalue weighted by molar-refractivity contribution is 7.92. The molecule has 0 bridgehead atoms. The molecule has 0 radical (unpaired) electrons. The van der Waals surface area contributed by atoms with Crippen molar-refractivity contribution in [2.24, 2.45) is 0 Å². The summed E-state index contributed by atoms with van der Waals surface area (Å²) in [6, 6.07) is 24.2. The maximum absolute atomic E-state index is 13.9. The van der Waals surface area contributed by atoms with E-state index in [-0.39, 0.29) is 18.9 Å². The first-order valence-corrected chi connectivity index (χ1v) is 14.8. The Bertz CT molecular complexity index is 1290. The fourth-order valence-electron chi connectivity index (χ4n) is 4.06. The van der Waals surface area contributed by atoms with Crippen molar-refractivity contribution in [2.75, 3.05) is 23.7 Å². The number of rotatable bonds is 13. The number of benzene rings is 3. The number of halogens is 1. The second kappa shape index (κ2) is 14.0. The molecule has 3 rings (SSSR count). The summed E-state index contributed by atoms with van der Waals surface area (Å²) in [5.74, 6) is -0.759. The summed E-state index contributed by atoms with van der Waals surface area (Å²) in [5.41, 5.74) is 2.04. The lowest BCUT2D eigenvalue weighted by molar-refractivity contribution is -0.140. The maximum atomic E-state index is 13.9. The van der Waals surface area contributed by atoms with Crippen molar-refractivity contribution in [1.82, 2.24) is 10.2 Å². The van der Waals surface area contributed by atoms with Gasteiger partial charge in [-0.15, -0.1) is 0 Å². The van der Waals surface area contributed by atoms with E-state index < -0.39 is 28.5 Å². The van der Waals surface area contributed by atoms with Crippen molar-refractivity contribution in [3.8, 4) is 0 Å². The summed E-state index contributed by atoms with van der Waals surface area (Å²) in [6.45, 7) is 2.22. The quantitative estimate of drug-likeness (QED) is 0.311. The predicted molar refractivity (Wildman–Crippen MR) is 152 cm³/mol. The zero-order valence-corrected chi connectivity index (χ0v) is 23.3. The van der Waals surface area contributed by atoms with E-state index in [1.165, 1.54) is 4.90 Å². The summed E-state index contributed by atoms with van der Waals surface area (Å²) in [7, 11) is -3.81. The van der Waals surface area contributed by atoms with Gasteiger partial charge in [0.25, 0.3) is 0 Å². The normalized spacial score (nSPS) is 12.0. The van der Waals surface area contributed by atoms with Crippen molar-refractivity contribution < 1.29 is 18.0 Å². The zero-order valence-electron chi connectivity index (χ0n) is 21.7. The number of sulfonamides is 1. The van der Waals surface area contributed by atoms with E-state index in [1.54, 1.807) is 24.3 Å². The first kappa shape index (κ1) is 29.2. The molecule has 1 N–H and O–H groups in total. The van der Waals surface area contributed by atoms with Gasteiger partial charge in [-0.2, -0.15) is 0 Å². The average molecular weight is 556 g/mol. The molecule has 0 aliphatic carbocycles. The standard InChI is InChI=1S/C29H34ClN3O4S/c1-3-4-19-31-29(35)27(20-23-11-7-5-8-12-23)32(21-24-13-9-6-10-14-24)28(34)22-33(38(2,36)37)26-17-15-25(30)16-18-26/h5-18,27H,3-4,19-22H2,1-2H3,(H,31,35)/t27-/m1/s1. The molecule has 0 aliphatic rings. The maximum Gasteiger partial charge on any atom is 0.244 e. The summed E-state index contributed by atoms with van der Waals surface area (Å²) < 4.78 is 26.5. The van der Waals surface area contributed by atoms with Crippen LogP contribution in [-0.4, -0.2) is 50.5 Å². The van der Waals surface area contributed by atoms with Crippen LogP contribution >= 0.6 is 11.6 Å². The van der Waals surface area contributed by atoms with Crippen LogP contribution in [-0.2, 0) is 32.6 Å². The van der Waals surface area contributed by atoms with E-state index in [0.29, 0.717) is 17.3 Å². The van der Waals surface area contributed by atoms with Gasteiger partial charge >= 0.3 is 0 Å². The molecule has 0 aliphatic heterocycles. The molecule has 0 spiro atoms. The van der Waals surface area contributed by atoms with E-state index in [2.05, 4.69) is 5.32 Å². The van der Waals surface area contributed by atoms with E-state index in [4.69, 9.17) is 11.6 Å². The van der Waals surface area contributed by atoms with Gasteiger partial charge in [-0.3, -0.25) is 13.9 Å². The fraction of sp³-hybridized carbons (Fsp3) is 0.310. The van der Waals surface area contributed by atoms with E-state index in [0.717, 1.165) is 34.5 Å². The largest absolute Gasteiger partial charge is 0.354 e. The SMILES string of the molecule is CCCCNC(=O)[C@@H](Cc1ccccc1)N(Cc1ccccc1)C(=O)CN(c1ccc(Cl)cc1)S(C)(=O)=O. The molecular formula is C29H34ClN3O4S. The van der Waals surface area contributed by atoms with Gasteiger partial charge in [-0.05, 0) is 41.8 Å². The van der Waals surface area contributed by atoms with Crippen molar-refractivity contribution >= 4 is 39.1 Å². The molecule has 0 heterocycles. The molecule has 38 heavy (non-hydrogen) atoms.